The number of halogens is 1. The highest BCUT2D eigenvalue weighted by atomic mass is 19.1. The van der Waals surface area contributed by atoms with Crippen molar-refractivity contribution in [2.24, 2.45) is 5.73 Å². The van der Waals surface area contributed by atoms with Crippen LogP contribution < -0.4 is 11.1 Å². The lowest BCUT2D eigenvalue weighted by atomic mass is 9.83. The van der Waals surface area contributed by atoms with E-state index in [1.165, 1.54) is 12.1 Å². The van der Waals surface area contributed by atoms with Gasteiger partial charge in [-0.15, -0.1) is 10.2 Å². The minimum absolute atomic E-state index is 0.292. The number of anilines is 2. The Bertz CT molecular complexity index is 1270. The summed E-state index contributed by atoms with van der Waals surface area (Å²) in [5.74, 6) is -0.232. The number of nitrogens with one attached hydrogen (secondary N) is 1. The number of aromatic nitrogens is 2. The van der Waals surface area contributed by atoms with E-state index in [0.717, 1.165) is 40.9 Å². The van der Waals surface area contributed by atoms with Gasteiger partial charge in [-0.25, -0.2) is 4.39 Å². The van der Waals surface area contributed by atoms with Crippen LogP contribution in [0.2, 0.25) is 0 Å². The van der Waals surface area contributed by atoms with Gasteiger partial charge in [-0.1, -0.05) is 48.5 Å². The molecule has 0 bridgehead atoms. The third-order valence-corrected chi connectivity index (χ3v) is 5.95. The third-order valence-electron chi connectivity index (χ3n) is 5.95. The molecule has 32 heavy (non-hydrogen) atoms. The molecule has 0 atom stereocenters. The molecule has 4 aromatic rings. The second-order valence-corrected chi connectivity index (χ2v) is 7.98. The van der Waals surface area contributed by atoms with Gasteiger partial charge in [-0.05, 0) is 60.4 Å². The van der Waals surface area contributed by atoms with Crippen LogP contribution in [0.25, 0.3) is 11.3 Å². The third kappa shape index (κ3) is 3.60. The minimum Gasteiger partial charge on any atom is -0.366 e. The van der Waals surface area contributed by atoms with E-state index < -0.39 is 5.91 Å². The van der Waals surface area contributed by atoms with E-state index in [-0.39, 0.29) is 11.2 Å². The van der Waals surface area contributed by atoms with Crippen LogP contribution in [0.3, 0.4) is 0 Å². The van der Waals surface area contributed by atoms with Gasteiger partial charge in [0, 0.05) is 22.2 Å². The van der Waals surface area contributed by atoms with Crippen molar-refractivity contribution in [1.82, 2.24) is 10.2 Å². The maximum atomic E-state index is 13.5. The van der Waals surface area contributed by atoms with Crippen molar-refractivity contribution in [3.8, 4) is 11.3 Å². The number of nitrogens with two attached hydrogens (primary N) is 1. The van der Waals surface area contributed by atoms with Gasteiger partial charge in [0.05, 0.1) is 5.69 Å². The summed E-state index contributed by atoms with van der Waals surface area (Å²) in [4.78, 5) is 12.3. The lowest BCUT2D eigenvalue weighted by molar-refractivity contribution is 0.0999. The number of rotatable bonds is 6. The average molecular weight is 424 g/mol. The summed E-state index contributed by atoms with van der Waals surface area (Å²) < 4.78 is 13.5. The molecule has 1 aliphatic rings. The fourth-order valence-electron chi connectivity index (χ4n) is 4.25. The van der Waals surface area contributed by atoms with Crippen LogP contribution >= 0.6 is 0 Å². The number of benzene rings is 3. The number of carbonyl (C=O) groups is 1. The molecule has 5 nitrogen and oxygen atoms in total. The van der Waals surface area contributed by atoms with E-state index in [9.17, 15) is 9.18 Å². The molecule has 0 spiro atoms. The largest absolute Gasteiger partial charge is 0.366 e. The summed E-state index contributed by atoms with van der Waals surface area (Å²) in [5.41, 5.74) is 10.1. The lowest BCUT2D eigenvalue weighted by Crippen LogP contribution is -2.21. The van der Waals surface area contributed by atoms with Crippen molar-refractivity contribution in [2.45, 2.75) is 18.3 Å². The average Bonchev–Trinajstić information content (AvgIpc) is 3.62. The van der Waals surface area contributed by atoms with E-state index >= 15 is 0 Å². The predicted octanol–water partition coefficient (Wildman–Crippen LogP) is 5.21. The Balaban J connectivity index is 1.53. The van der Waals surface area contributed by atoms with Gasteiger partial charge in [0.2, 0.25) is 5.91 Å². The molecule has 0 radical (unpaired) electrons. The normalized spacial score (nSPS) is 14.0. The molecule has 1 fully saturated rings. The van der Waals surface area contributed by atoms with Gasteiger partial charge in [-0.3, -0.25) is 4.79 Å². The molecule has 0 saturated heterocycles. The topological polar surface area (TPSA) is 80.9 Å². The summed E-state index contributed by atoms with van der Waals surface area (Å²) >= 11 is 0. The van der Waals surface area contributed by atoms with Gasteiger partial charge in [-0.2, -0.15) is 0 Å². The standard InChI is InChI=1S/C26H21FN4O/c27-19-11-9-18(10-12-19)26(15-16-26)24-20(25(28)32)7-4-8-22(24)29-23-14-13-21(30-31-23)17-5-2-1-3-6-17/h1-14H,15-16H2,(H2,28,32)(H,29,31). The first kappa shape index (κ1) is 19.9. The molecule has 1 aliphatic carbocycles. The first-order valence-electron chi connectivity index (χ1n) is 10.4. The van der Waals surface area contributed by atoms with Gasteiger partial charge in [0.25, 0.3) is 0 Å². The number of hydrogen-bond donors (Lipinski definition) is 2. The van der Waals surface area contributed by atoms with Crippen LogP contribution in [0.5, 0.6) is 0 Å². The number of hydrogen-bond acceptors (Lipinski definition) is 4. The number of amides is 1. The van der Waals surface area contributed by atoms with E-state index in [0.29, 0.717) is 11.4 Å². The smallest absolute Gasteiger partial charge is 0.249 e. The van der Waals surface area contributed by atoms with E-state index in [2.05, 4.69) is 15.5 Å². The monoisotopic (exact) mass is 424 g/mol. The van der Waals surface area contributed by atoms with Crippen LogP contribution in [0.1, 0.15) is 34.3 Å². The molecule has 1 saturated carbocycles. The highest BCUT2D eigenvalue weighted by Crippen LogP contribution is 2.56. The maximum absolute atomic E-state index is 13.5. The molecule has 5 rings (SSSR count). The van der Waals surface area contributed by atoms with Crippen molar-refractivity contribution in [1.29, 1.82) is 0 Å². The summed E-state index contributed by atoms with van der Waals surface area (Å²) in [6.45, 7) is 0. The molecule has 6 heteroatoms. The summed E-state index contributed by atoms with van der Waals surface area (Å²) in [6.07, 6.45) is 1.69. The highest BCUT2D eigenvalue weighted by molar-refractivity contribution is 5.97. The summed E-state index contributed by atoms with van der Waals surface area (Å²) in [7, 11) is 0. The Morgan fingerprint density at radius 1 is 0.875 bits per heavy atom. The second kappa shape index (κ2) is 7.89. The Morgan fingerprint density at radius 2 is 1.62 bits per heavy atom. The highest BCUT2D eigenvalue weighted by Gasteiger charge is 2.49. The van der Waals surface area contributed by atoms with Gasteiger partial charge >= 0.3 is 0 Å². The van der Waals surface area contributed by atoms with Crippen LogP contribution in [-0.2, 0) is 5.41 Å². The Morgan fingerprint density at radius 3 is 2.25 bits per heavy atom. The quantitative estimate of drug-likeness (QED) is 0.445. The summed E-state index contributed by atoms with van der Waals surface area (Å²) in [5, 5.41) is 12.0. The molecular formula is C26H21FN4O. The fraction of sp³-hybridized carbons (Fsp3) is 0.115. The van der Waals surface area contributed by atoms with E-state index in [1.54, 1.807) is 24.3 Å². The van der Waals surface area contributed by atoms with Crippen LogP contribution in [0, 0.1) is 5.82 Å². The molecule has 3 N–H and O–H groups in total. The molecule has 1 heterocycles. The molecule has 3 aromatic carbocycles. The van der Waals surface area contributed by atoms with Gasteiger partial charge in [0.1, 0.15) is 5.82 Å². The fourth-order valence-corrected chi connectivity index (χ4v) is 4.25. The predicted molar refractivity (Wildman–Crippen MR) is 122 cm³/mol. The van der Waals surface area contributed by atoms with Crippen molar-refractivity contribution in [3.05, 3.63) is 107 Å². The second-order valence-electron chi connectivity index (χ2n) is 7.98. The zero-order valence-corrected chi connectivity index (χ0v) is 17.3. The lowest BCUT2D eigenvalue weighted by Gasteiger charge is -2.23. The zero-order valence-electron chi connectivity index (χ0n) is 17.3. The molecule has 0 aliphatic heterocycles. The summed E-state index contributed by atoms with van der Waals surface area (Å²) in [6, 6.07) is 25.4. The molecular weight excluding hydrogens is 403 g/mol. The van der Waals surface area contributed by atoms with Gasteiger partial charge < -0.3 is 11.1 Å². The Labute approximate surface area is 185 Å². The number of primary amides is 1. The van der Waals surface area contributed by atoms with Crippen molar-refractivity contribution < 1.29 is 9.18 Å². The van der Waals surface area contributed by atoms with E-state index in [4.69, 9.17) is 5.73 Å². The van der Waals surface area contributed by atoms with Crippen LogP contribution in [0.4, 0.5) is 15.9 Å². The van der Waals surface area contributed by atoms with Crippen molar-refractivity contribution in [2.75, 3.05) is 5.32 Å². The number of carbonyl (C=O) groups excluding carboxylic acids is 1. The first-order chi connectivity index (χ1) is 15.6. The SMILES string of the molecule is NC(=O)c1cccc(Nc2ccc(-c3ccccc3)nn2)c1C1(c2ccc(F)cc2)CC1. The van der Waals surface area contributed by atoms with Gasteiger partial charge in [0.15, 0.2) is 5.82 Å². The Kier molecular flexibility index (Phi) is 4.90. The minimum atomic E-state index is -0.498. The first-order valence-corrected chi connectivity index (χ1v) is 10.4. The maximum Gasteiger partial charge on any atom is 0.249 e. The molecule has 158 valence electrons. The Hall–Kier alpha value is -4.06. The van der Waals surface area contributed by atoms with Crippen molar-refractivity contribution >= 4 is 17.4 Å². The molecule has 1 aromatic heterocycles. The van der Waals surface area contributed by atoms with Crippen LogP contribution in [0.15, 0.2) is 84.9 Å². The van der Waals surface area contributed by atoms with Crippen LogP contribution in [-0.4, -0.2) is 16.1 Å². The molecule has 1 amide bonds. The van der Waals surface area contributed by atoms with E-state index in [1.807, 2.05) is 48.5 Å². The molecule has 0 unspecified atom stereocenters. The van der Waals surface area contributed by atoms with Crippen molar-refractivity contribution in [3.63, 3.8) is 0 Å². The number of nitrogens with zero attached hydrogens (tertiary/aromatic N) is 2. The zero-order chi connectivity index (χ0) is 22.1.